The molecule has 1 heterocycles. The Labute approximate surface area is 123 Å². The van der Waals surface area contributed by atoms with Gasteiger partial charge in [0.1, 0.15) is 5.69 Å². The fourth-order valence-electron chi connectivity index (χ4n) is 1.65. The molecule has 0 radical (unpaired) electrons. The smallest absolute Gasteiger partial charge is 0.270 e. The molecule has 1 aromatic heterocycles. The van der Waals surface area contributed by atoms with Gasteiger partial charge in [-0.3, -0.25) is 4.79 Å². The molecule has 1 unspecified atom stereocenters. The predicted octanol–water partition coefficient (Wildman–Crippen LogP) is 3.61. The van der Waals surface area contributed by atoms with Crippen LogP contribution in [0.15, 0.2) is 41.0 Å². The highest BCUT2D eigenvalue weighted by atomic mass is 79.9. The van der Waals surface area contributed by atoms with Crippen molar-refractivity contribution in [2.24, 2.45) is 0 Å². The van der Waals surface area contributed by atoms with Crippen LogP contribution in [0.3, 0.4) is 0 Å². The third-order valence-corrected chi connectivity index (χ3v) is 3.22. The Hall–Kier alpha value is -1.82. The Morgan fingerprint density at radius 3 is 2.60 bits per heavy atom. The first-order valence-corrected chi connectivity index (χ1v) is 6.64. The summed E-state index contributed by atoms with van der Waals surface area (Å²) >= 11 is 3.23. The first-order chi connectivity index (χ1) is 9.47. The summed E-state index contributed by atoms with van der Waals surface area (Å²) in [7, 11) is 0. The van der Waals surface area contributed by atoms with Gasteiger partial charge in [-0.1, -0.05) is 6.07 Å². The number of carbonyl (C=O) groups is 1. The minimum Gasteiger partial charge on any atom is -0.344 e. The van der Waals surface area contributed by atoms with Crippen molar-refractivity contribution >= 4 is 21.8 Å². The first kappa shape index (κ1) is 14.6. The van der Waals surface area contributed by atoms with Crippen LogP contribution in [0.4, 0.5) is 8.78 Å². The zero-order chi connectivity index (χ0) is 14.7. The Balaban J connectivity index is 2.10. The Morgan fingerprint density at radius 1 is 1.25 bits per heavy atom. The van der Waals surface area contributed by atoms with E-state index in [9.17, 15) is 13.6 Å². The molecule has 2 aromatic rings. The van der Waals surface area contributed by atoms with Gasteiger partial charge < -0.3 is 5.32 Å². The molecule has 0 aliphatic heterocycles. The summed E-state index contributed by atoms with van der Waals surface area (Å²) in [5.41, 5.74) is 0.733. The van der Waals surface area contributed by atoms with E-state index in [2.05, 4.69) is 26.2 Å². The van der Waals surface area contributed by atoms with Gasteiger partial charge in [0, 0.05) is 10.7 Å². The molecule has 0 aliphatic carbocycles. The molecule has 0 saturated heterocycles. The molecule has 20 heavy (non-hydrogen) atoms. The number of halogens is 3. The molecule has 0 bridgehead atoms. The summed E-state index contributed by atoms with van der Waals surface area (Å²) in [6.45, 7) is 1.68. The van der Waals surface area contributed by atoms with Crippen LogP contribution in [0.25, 0.3) is 0 Å². The van der Waals surface area contributed by atoms with E-state index in [1.807, 2.05) is 0 Å². The van der Waals surface area contributed by atoms with Crippen LogP contribution in [0.5, 0.6) is 0 Å². The van der Waals surface area contributed by atoms with Crippen LogP contribution >= 0.6 is 15.9 Å². The van der Waals surface area contributed by atoms with Crippen molar-refractivity contribution in [3.8, 4) is 0 Å². The molecule has 1 amide bonds. The normalized spacial score (nSPS) is 12.0. The van der Waals surface area contributed by atoms with Gasteiger partial charge >= 0.3 is 0 Å². The average Bonchev–Trinajstić information content (AvgIpc) is 2.42. The van der Waals surface area contributed by atoms with Crippen molar-refractivity contribution in [1.29, 1.82) is 0 Å². The number of nitrogens with zero attached hydrogens (tertiary/aromatic N) is 1. The number of benzene rings is 1. The molecule has 6 heteroatoms. The summed E-state index contributed by atoms with van der Waals surface area (Å²) in [6.07, 6.45) is 1.51. The van der Waals surface area contributed by atoms with Crippen molar-refractivity contribution in [1.82, 2.24) is 10.3 Å². The highest BCUT2D eigenvalue weighted by Gasteiger charge is 2.14. The molecule has 2 rings (SSSR count). The Morgan fingerprint density at radius 2 is 2.00 bits per heavy atom. The lowest BCUT2D eigenvalue weighted by Gasteiger charge is -2.14. The van der Waals surface area contributed by atoms with Crippen molar-refractivity contribution in [2.45, 2.75) is 13.0 Å². The van der Waals surface area contributed by atoms with Crippen LogP contribution in [0, 0.1) is 11.6 Å². The number of nitrogens with one attached hydrogen (secondary N) is 1. The van der Waals surface area contributed by atoms with E-state index < -0.39 is 17.7 Å². The predicted molar refractivity (Wildman–Crippen MR) is 74.2 cm³/mol. The lowest BCUT2D eigenvalue weighted by molar-refractivity contribution is 0.0934. The highest BCUT2D eigenvalue weighted by molar-refractivity contribution is 9.10. The second-order valence-corrected chi connectivity index (χ2v) is 5.15. The highest BCUT2D eigenvalue weighted by Crippen LogP contribution is 2.16. The molecule has 0 fully saturated rings. The van der Waals surface area contributed by atoms with Crippen LogP contribution in [0.1, 0.15) is 29.0 Å². The maximum atomic E-state index is 13.1. The maximum Gasteiger partial charge on any atom is 0.270 e. The van der Waals surface area contributed by atoms with E-state index in [1.54, 1.807) is 19.1 Å². The molecular formula is C14H11BrF2N2O. The fraction of sp³-hybridized carbons (Fsp3) is 0.143. The molecule has 1 atom stereocenters. The fourth-order valence-corrected chi connectivity index (χ4v) is 1.88. The van der Waals surface area contributed by atoms with Crippen molar-refractivity contribution in [3.63, 3.8) is 0 Å². The van der Waals surface area contributed by atoms with Gasteiger partial charge in [-0.05, 0) is 52.7 Å². The Bertz CT molecular complexity index is 632. The van der Waals surface area contributed by atoms with E-state index in [-0.39, 0.29) is 11.6 Å². The van der Waals surface area contributed by atoms with Crippen LogP contribution in [-0.4, -0.2) is 10.9 Å². The SMILES string of the molecule is CC(NC(=O)c1ccc(Br)cn1)c1ccc(F)c(F)c1. The summed E-state index contributed by atoms with van der Waals surface area (Å²) in [4.78, 5) is 15.9. The number of pyridine rings is 1. The van der Waals surface area contributed by atoms with Gasteiger partial charge in [0.15, 0.2) is 11.6 Å². The topological polar surface area (TPSA) is 42.0 Å². The average molecular weight is 341 g/mol. The molecule has 0 saturated carbocycles. The maximum absolute atomic E-state index is 13.1. The summed E-state index contributed by atoms with van der Waals surface area (Å²) in [6, 6.07) is 6.34. The molecule has 0 spiro atoms. The van der Waals surface area contributed by atoms with Gasteiger partial charge in [-0.2, -0.15) is 0 Å². The van der Waals surface area contributed by atoms with Crippen molar-refractivity contribution in [3.05, 3.63) is 63.9 Å². The number of hydrogen-bond donors (Lipinski definition) is 1. The lowest BCUT2D eigenvalue weighted by Crippen LogP contribution is -2.27. The molecular weight excluding hydrogens is 330 g/mol. The molecule has 1 N–H and O–H groups in total. The van der Waals surface area contributed by atoms with E-state index in [0.29, 0.717) is 5.56 Å². The number of hydrogen-bond acceptors (Lipinski definition) is 2. The van der Waals surface area contributed by atoms with Crippen LogP contribution in [-0.2, 0) is 0 Å². The summed E-state index contributed by atoms with van der Waals surface area (Å²) in [5, 5.41) is 2.67. The number of amides is 1. The van der Waals surface area contributed by atoms with E-state index in [4.69, 9.17) is 0 Å². The van der Waals surface area contributed by atoms with E-state index >= 15 is 0 Å². The monoisotopic (exact) mass is 340 g/mol. The minimum absolute atomic E-state index is 0.252. The Kier molecular flexibility index (Phi) is 4.44. The third kappa shape index (κ3) is 3.39. The van der Waals surface area contributed by atoms with Crippen molar-refractivity contribution in [2.75, 3.05) is 0 Å². The van der Waals surface area contributed by atoms with Gasteiger partial charge in [0.05, 0.1) is 6.04 Å². The van der Waals surface area contributed by atoms with Crippen LogP contribution in [0.2, 0.25) is 0 Å². The minimum atomic E-state index is -0.939. The zero-order valence-electron chi connectivity index (χ0n) is 10.5. The van der Waals surface area contributed by atoms with Crippen LogP contribution < -0.4 is 5.32 Å². The lowest BCUT2D eigenvalue weighted by atomic mass is 10.1. The van der Waals surface area contributed by atoms with E-state index in [1.165, 1.54) is 12.3 Å². The summed E-state index contributed by atoms with van der Waals surface area (Å²) < 4.78 is 26.8. The summed E-state index contributed by atoms with van der Waals surface area (Å²) in [5.74, 6) is -2.23. The quantitative estimate of drug-likeness (QED) is 0.927. The first-order valence-electron chi connectivity index (χ1n) is 5.84. The van der Waals surface area contributed by atoms with Gasteiger partial charge in [0.25, 0.3) is 5.91 Å². The molecule has 104 valence electrons. The zero-order valence-corrected chi connectivity index (χ0v) is 12.1. The van der Waals surface area contributed by atoms with Crippen molar-refractivity contribution < 1.29 is 13.6 Å². The molecule has 1 aromatic carbocycles. The number of carbonyl (C=O) groups excluding carboxylic acids is 1. The number of aromatic nitrogens is 1. The third-order valence-electron chi connectivity index (χ3n) is 2.75. The van der Waals surface area contributed by atoms with E-state index in [0.717, 1.165) is 16.6 Å². The number of rotatable bonds is 3. The second-order valence-electron chi connectivity index (χ2n) is 4.23. The standard InChI is InChI=1S/C14H11BrF2N2O/c1-8(9-2-4-11(16)12(17)6-9)19-14(20)13-5-3-10(15)7-18-13/h2-8H,1H3,(H,19,20). The van der Waals surface area contributed by atoms with Gasteiger partial charge in [0.2, 0.25) is 0 Å². The molecule has 0 aliphatic rings. The van der Waals surface area contributed by atoms with Gasteiger partial charge in [-0.15, -0.1) is 0 Å². The van der Waals surface area contributed by atoms with Gasteiger partial charge in [-0.25, -0.2) is 13.8 Å². The largest absolute Gasteiger partial charge is 0.344 e. The molecule has 3 nitrogen and oxygen atoms in total. The second kappa shape index (κ2) is 6.09.